The second-order valence-corrected chi connectivity index (χ2v) is 7.22. The highest BCUT2D eigenvalue weighted by Crippen LogP contribution is 2.26. The number of ether oxygens (including phenoxy) is 1. The summed E-state index contributed by atoms with van der Waals surface area (Å²) in [5.41, 5.74) is 3.34. The number of rotatable bonds is 6. The normalized spacial score (nSPS) is 13.0. The van der Waals surface area contributed by atoms with Gasteiger partial charge in [-0.25, -0.2) is 0 Å². The maximum absolute atomic E-state index is 12.7. The molecular formula is C21H22N2O2S. The van der Waals surface area contributed by atoms with Crippen molar-refractivity contribution in [3.05, 3.63) is 81.8 Å². The standard InChI is InChI=1S/C21H22N2O2S/c1-14-6-7-18(13-15(14)2)25-16(3)21(24)23-20(19-5-4-12-26-19)17-8-10-22-11-9-17/h4-13,16,20H,1-3H3,(H,23,24)/t16-,20-/m1/s1. The van der Waals surface area contributed by atoms with Crippen LogP contribution in [0, 0.1) is 13.8 Å². The number of carbonyl (C=O) groups excluding carboxylic acids is 1. The van der Waals surface area contributed by atoms with Crippen LogP contribution in [0.25, 0.3) is 0 Å². The maximum atomic E-state index is 12.7. The molecule has 0 aliphatic carbocycles. The monoisotopic (exact) mass is 366 g/mol. The van der Waals surface area contributed by atoms with E-state index in [9.17, 15) is 4.79 Å². The van der Waals surface area contributed by atoms with Gasteiger partial charge in [-0.15, -0.1) is 11.3 Å². The smallest absolute Gasteiger partial charge is 0.261 e. The van der Waals surface area contributed by atoms with Crippen LogP contribution in [0.3, 0.4) is 0 Å². The van der Waals surface area contributed by atoms with Crippen molar-refractivity contribution in [2.75, 3.05) is 0 Å². The molecule has 5 heteroatoms. The van der Waals surface area contributed by atoms with E-state index >= 15 is 0 Å². The number of amides is 1. The van der Waals surface area contributed by atoms with E-state index in [1.54, 1.807) is 30.7 Å². The van der Waals surface area contributed by atoms with Crippen molar-refractivity contribution in [3.8, 4) is 5.75 Å². The number of aryl methyl sites for hydroxylation is 2. The van der Waals surface area contributed by atoms with Crippen molar-refractivity contribution in [2.24, 2.45) is 0 Å². The number of nitrogens with one attached hydrogen (secondary N) is 1. The third-order valence-electron chi connectivity index (χ3n) is 4.31. The molecule has 134 valence electrons. The van der Waals surface area contributed by atoms with Crippen LogP contribution in [-0.4, -0.2) is 17.0 Å². The van der Waals surface area contributed by atoms with Gasteiger partial charge in [-0.3, -0.25) is 9.78 Å². The summed E-state index contributed by atoms with van der Waals surface area (Å²) in [6.45, 7) is 5.85. The van der Waals surface area contributed by atoms with E-state index in [1.807, 2.05) is 54.8 Å². The molecule has 0 spiro atoms. The average molecular weight is 366 g/mol. The first-order valence-electron chi connectivity index (χ1n) is 8.52. The van der Waals surface area contributed by atoms with Crippen molar-refractivity contribution in [3.63, 3.8) is 0 Å². The molecule has 3 rings (SSSR count). The molecule has 0 aliphatic heterocycles. The van der Waals surface area contributed by atoms with E-state index in [2.05, 4.69) is 17.2 Å². The van der Waals surface area contributed by atoms with Crippen molar-refractivity contribution in [2.45, 2.75) is 32.9 Å². The zero-order valence-electron chi connectivity index (χ0n) is 15.1. The molecule has 3 aromatic rings. The second kappa shape index (κ2) is 8.15. The molecule has 2 heterocycles. The Bertz CT molecular complexity index is 863. The van der Waals surface area contributed by atoms with E-state index in [1.165, 1.54) is 5.56 Å². The molecular weight excluding hydrogens is 344 g/mol. The number of benzene rings is 1. The van der Waals surface area contributed by atoms with Gasteiger partial charge in [0.2, 0.25) is 0 Å². The molecule has 0 saturated heterocycles. The Hall–Kier alpha value is -2.66. The zero-order valence-corrected chi connectivity index (χ0v) is 15.9. The summed E-state index contributed by atoms with van der Waals surface area (Å²) in [7, 11) is 0. The predicted molar refractivity (Wildman–Crippen MR) is 105 cm³/mol. The van der Waals surface area contributed by atoms with Crippen LogP contribution in [0.15, 0.2) is 60.2 Å². The lowest BCUT2D eigenvalue weighted by Crippen LogP contribution is -2.38. The zero-order chi connectivity index (χ0) is 18.5. The molecule has 0 unspecified atom stereocenters. The van der Waals surface area contributed by atoms with Crippen LogP contribution in [-0.2, 0) is 4.79 Å². The van der Waals surface area contributed by atoms with Gasteiger partial charge in [0.15, 0.2) is 6.10 Å². The van der Waals surface area contributed by atoms with Crippen LogP contribution in [0.2, 0.25) is 0 Å². The number of aromatic nitrogens is 1. The minimum atomic E-state index is -0.596. The highest BCUT2D eigenvalue weighted by molar-refractivity contribution is 7.10. The van der Waals surface area contributed by atoms with Gasteiger partial charge in [-0.2, -0.15) is 0 Å². The lowest BCUT2D eigenvalue weighted by Gasteiger charge is -2.21. The molecule has 1 N–H and O–H groups in total. The number of carbonyl (C=O) groups is 1. The first-order valence-corrected chi connectivity index (χ1v) is 9.40. The molecule has 2 aromatic heterocycles. The number of hydrogen-bond donors (Lipinski definition) is 1. The molecule has 26 heavy (non-hydrogen) atoms. The molecule has 1 amide bonds. The summed E-state index contributed by atoms with van der Waals surface area (Å²) in [6, 6.07) is 13.5. The van der Waals surface area contributed by atoms with Crippen molar-refractivity contribution in [1.29, 1.82) is 0 Å². The van der Waals surface area contributed by atoms with Crippen LogP contribution in [0.4, 0.5) is 0 Å². The molecule has 0 fully saturated rings. The third kappa shape index (κ3) is 4.29. The van der Waals surface area contributed by atoms with E-state index < -0.39 is 6.10 Å². The molecule has 0 saturated carbocycles. The summed E-state index contributed by atoms with van der Waals surface area (Å²) >= 11 is 1.61. The Balaban J connectivity index is 1.74. The molecule has 2 atom stereocenters. The minimum Gasteiger partial charge on any atom is -0.481 e. The molecule has 4 nitrogen and oxygen atoms in total. The van der Waals surface area contributed by atoms with Crippen LogP contribution < -0.4 is 10.1 Å². The fourth-order valence-corrected chi connectivity index (χ4v) is 3.44. The van der Waals surface area contributed by atoms with Gasteiger partial charge in [-0.05, 0) is 73.2 Å². The fourth-order valence-electron chi connectivity index (χ4n) is 2.63. The highest BCUT2D eigenvalue weighted by atomic mass is 32.1. The Morgan fingerprint density at radius 3 is 2.54 bits per heavy atom. The number of nitrogens with zero attached hydrogens (tertiary/aromatic N) is 1. The second-order valence-electron chi connectivity index (χ2n) is 6.24. The van der Waals surface area contributed by atoms with Gasteiger partial charge in [0.1, 0.15) is 5.75 Å². The number of thiophene rings is 1. The Kier molecular flexibility index (Phi) is 5.68. The summed E-state index contributed by atoms with van der Waals surface area (Å²) in [6.07, 6.45) is 2.87. The van der Waals surface area contributed by atoms with Crippen LogP contribution >= 0.6 is 11.3 Å². The van der Waals surface area contributed by atoms with E-state index in [-0.39, 0.29) is 11.9 Å². The van der Waals surface area contributed by atoms with Gasteiger partial charge in [0.05, 0.1) is 6.04 Å². The van der Waals surface area contributed by atoms with Gasteiger partial charge in [0.25, 0.3) is 5.91 Å². The van der Waals surface area contributed by atoms with Crippen molar-refractivity contribution in [1.82, 2.24) is 10.3 Å². The van der Waals surface area contributed by atoms with E-state index in [0.717, 1.165) is 16.0 Å². The fraction of sp³-hybridized carbons (Fsp3) is 0.238. The van der Waals surface area contributed by atoms with Crippen LogP contribution in [0.1, 0.15) is 34.5 Å². The predicted octanol–water partition coefficient (Wildman–Crippen LogP) is 4.43. The van der Waals surface area contributed by atoms with E-state index in [4.69, 9.17) is 4.74 Å². The highest BCUT2D eigenvalue weighted by Gasteiger charge is 2.22. The van der Waals surface area contributed by atoms with Crippen LogP contribution in [0.5, 0.6) is 5.75 Å². The Labute approximate surface area is 157 Å². The van der Waals surface area contributed by atoms with Crippen molar-refractivity contribution >= 4 is 17.2 Å². The third-order valence-corrected chi connectivity index (χ3v) is 5.25. The van der Waals surface area contributed by atoms with Crippen molar-refractivity contribution < 1.29 is 9.53 Å². The first kappa shape index (κ1) is 18.1. The molecule has 0 aliphatic rings. The van der Waals surface area contributed by atoms with Gasteiger partial charge in [0, 0.05) is 17.3 Å². The van der Waals surface area contributed by atoms with E-state index in [0.29, 0.717) is 5.75 Å². The molecule has 1 aromatic carbocycles. The number of hydrogen-bond acceptors (Lipinski definition) is 4. The lowest BCUT2D eigenvalue weighted by atomic mass is 10.1. The Morgan fingerprint density at radius 1 is 1.12 bits per heavy atom. The average Bonchev–Trinajstić information content (AvgIpc) is 3.17. The molecule has 0 bridgehead atoms. The Morgan fingerprint density at radius 2 is 1.88 bits per heavy atom. The first-order chi connectivity index (χ1) is 12.5. The quantitative estimate of drug-likeness (QED) is 0.702. The number of pyridine rings is 1. The summed E-state index contributed by atoms with van der Waals surface area (Å²) < 4.78 is 5.85. The summed E-state index contributed by atoms with van der Waals surface area (Å²) in [4.78, 5) is 17.9. The summed E-state index contributed by atoms with van der Waals surface area (Å²) in [5.74, 6) is 0.547. The van der Waals surface area contributed by atoms with Gasteiger partial charge >= 0.3 is 0 Å². The minimum absolute atomic E-state index is 0.154. The van der Waals surface area contributed by atoms with Gasteiger partial charge in [-0.1, -0.05) is 12.1 Å². The topological polar surface area (TPSA) is 51.2 Å². The maximum Gasteiger partial charge on any atom is 0.261 e. The lowest BCUT2D eigenvalue weighted by molar-refractivity contribution is -0.127. The molecule has 0 radical (unpaired) electrons. The van der Waals surface area contributed by atoms with Gasteiger partial charge < -0.3 is 10.1 Å². The largest absolute Gasteiger partial charge is 0.481 e. The summed E-state index contributed by atoms with van der Waals surface area (Å²) in [5, 5.41) is 5.11. The SMILES string of the molecule is Cc1ccc(O[C@H](C)C(=O)N[C@H](c2ccncc2)c2cccs2)cc1C.